The van der Waals surface area contributed by atoms with Crippen LogP contribution < -0.4 is 10.6 Å². The minimum Gasteiger partial charge on any atom is -0.0622 e. The Labute approximate surface area is 264 Å². The quantitative estimate of drug-likeness (QED) is 0.166. The largest absolute Gasteiger partial charge is 0.0622 e. The first kappa shape index (κ1) is 28.0. The van der Waals surface area contributed by atoms with Gasteiger partial charge in [-0.25, -0.2) is 0 Å². The van der Waals surface area contributed by atoms with Gasteiger partial charge in [0.25, 0.3) is 0 Å². The molecule has 44 heavy (non-hydrogen) atoms. The molecule has 2 heterocycles. The maximum Gasteiger partial charge on any atom is 0.0443 e. The zero-order chi connectivity index (χ0) is 29.4. The summed E-state index contributed by atoms with van der Waals surface area (Å²) in [6.07, 6.45) is 7.49. The molecule has 0 N–H and O–H groups in total. The summed E-state index contributed by atoms with van der Waals surface area (Å²) in [5.74, 6) is 0. The predicted molar refractivity (Wildman–Crippen MR) is 193 cm³/mol. The van der Waals surface area contributed by atoms with Crippen LogP contribution in [0, 0.1) is 0 Å². The van der Waals surface area contributed by atoms with Crippen molar-refractivity contribution in [2.24, 2.45) is 0 Å². The van der Waals surface area contributed by atoms with Gasteiger partial charge in [-0.3, -0.25) is 0 Å². The molecule has 6 aromatic carbocycles. The highest BCUT2D eigenvalue weighted by Crippen LogP contribution is 2.70. The lowest BCUT2D eigenvalue weighted by Gasteiger charge is -2.42. The number of benzene rings is 6. The topological polar surface area (TPSA) is 0 Å². The van der Waals surface area contributed by atoms with Crippen molar-refractivity contribution in [1.82, 2.24) is 0 Å². The monoisotopic (exact) mass is 604 g/mol. The molecule has 2 unspecified atom stereocenters. The van der Waals surface area contributed by atoms with Crippen LogP contribution in [0.4, 0.5) is 0 Å². The normalized spacial score (nSPS) is 20.5. The molecule has 2 atom stereocenters. The van der Waals surface area contributed by atoms with Crippen molar-refractivity contribution in [2.75, 3.05) is 12.3 Å². The van der Waals surface area contributed by atoms with Gasteiger partial charge in [0, 0.05) is 10.3 Å². The van der Waals surface area contributed by atoms with E-state index in [1.165, 1.54) is 71.0 Å². The molecule has 216 valence electrons. The summed E-state index contributed by atoms with van der Waals surface area (Å²) in [5.41, 5.74) is 5.96. The van der Waals surface area contributed by atoms with Gasteiger partial charge in [-0.2, -0.15) is 0 Å². The lowest BCUT2D eigenvalue weighted by atomic mass is 9.87. The molecule has 0 aliphatic carbocycles. The van der Waals surface area contributed by atoms with Gasteiger partial charge in [-0.05, 0) is 81.6 Å². The smallest absolute Gasteiger partial charge is 0.0443 e. The van der Waals surface area contributed by atoms with Crippen LogP contribution in [0.25, 0.3) is 10.8 Å². The van der Waals surface area contributed by atoms with E-state index in [2.05, 4.69) is 158 Å². The van der Waals surface area contributed by atoms with Gasteiger partial charge in [-0.1, -0.05) is 174 Å². The lowest BCUT2D eigenvalue weighted by Crippen LogP contribution is -2.36. The molecule has 8 rings (SSSR count). The third-order valence-corrected chi connectivity index (χ3v) is 17.2. The zero-order valence-electron chi connectivity index (χ0n) is 25.1. The third-order valence-electron chi connectivity index (χ3n) is 10.2. The van der Waals surface area contributed by atoms with Crippen molar-refractivity contribution in [3.05, 3.63) is 180 Å². The van der Waals surface area contributed by atoms with Gasteiger partial charge in [0.2, 0.25) is 0 Å². The van der Waals surface area contributed by atoms with E-state index in [1.807, 2.05) is 0 Å². The molecule has 2 saturated heterocycles. The molecule has 0 bridgehead atoms. The Balaban J connectivity index is 1.42. The van der Waals surface area contributed by atoms with E-state index >= 15 is 0 Å². The average molecular weight is 605 g/mol. The van der Waals surface area contributed by atoms with E-state index in [1.54, 1.807) is 10.6 Å². The summed E-state index contributed by atoms with van der Waals surface area (Å²) in [7, 11) is -1.05. The summed E-state index contributed by atoms with van der Waals surface area (Å²) < 4.78 is 0. The second kappa shape index (κ2) is 11.7. The number of hydrogen-bond donors (Lipinski definition) is 0. The van der Waals surface area contributed by atoms with E-state index in [0.717, 1.165) is 0 Å². The molecule has 0 spiro atoms. The summed E-state index contributed by atoms with van der Waals surface area (Å²) in [4.78, 5) is 0. The molecule has 6 aromatic rings. The molecule has 2 aliphatic rings. The van der Waals surface area contributed by atoms with Crippen molar-refractivity contribution in [3.8, 4) is 0 Å². The first-order valence-electron chi connectivity index (χ1n) is 16.1. The van der Waals surface area contributed by atoms with Gasteiger partial charge in [-0.15, -0.1) is 0 Å². The van der Waals surface area contributed by atoms with Crippen LogP contribution >= 0.6 is 15.8 Å². The Hall–Kier alpha value is -3.56. The average Bonchev–Trinajstić information content (AvgIpc) is 3.76. The van der Waals surface area contributed by atoms with Crippen molar-refractivity contribution < 1.29 is 0 Å². The molecule has 0 saturated carbocycles. The fourth-order valence-electron chi connectivity index (χ4n) is 8.40. The minimum absolute atomic E-state index is 0.00788. The van der Waals surface area contributed by atoms with Crippen LogP contribution in [-0.4, -0.2) is 12.3 Å². The Morgan fingerprint density at radius 1 is 0.386 bits per heavy atom. The summed E-state index contributed by atoms with van der Waals surface area (Å²) in [6.45, 7) is 0. The van der Waals surface area contributed by atoms with Gasteiger partial charge in [0.15, 0.2) is 0 Å². The molecular weight excluding hydrogens is 566 g/mol. The molecule has 2 heteroatoms. The van der Waals surface area contributed by atoms with Crippen LogP contribution in [0.5, 0.6) is 0 Å². The Bertz CT molecular complexity index is 1790. The van der Waals surface area contributed by atoms with Gasteiger partial charge < -0.3 is 0 Å². The maximum absolute atomic E-state index is 2.58. The second-order valence-corrected chi connectivity index (χ2v) is 17.4. The summed E-state index contributed by atoms with van der Waals surface area (Å²) in [5, 5.41) is 6.24. The maximum atomic E-state index is 2.58. The van der Waals surface area contributed by atoms with E-state index in [0.29, 0.717) is 0 Å². The van der Waals surface area contributed by atoms with Crippen molar-refractivity contribution in [2.45, 2.75) is 36.0 Å². The fraction of sp³-hybridized carbons (Fsp3) is 0.190. The SMILES string of the molecule is c1ccc(C2(c3ccccc3)CCCP2c2ccc3ccccc3c2P2CCCC2(c2ccccc2)c2ccccc2)cc1. The Kier molecular flexibility index (Phi) is 7.46. The molecule has 0 amide bonds. The highest BCUT2D eigenvalue weighted by molar-refractivity contribution is 7.74. The van der Waals surface area contributed by atoms with Gasteiger partial charge in [0.05, 0.1) is 0 Å². The van der Waals surface area contributed by atoms with Crippen LogP contribution in [-0.2, 0) is 10.3 Å². The van der Waals surface area contributed by atoms with Gasteiger partial charge in [0.1, 0.15) is 0 Å². The fourth-order valence-corrected chi connectivity index (χ4v) is 16.3. The summed E-state index contributed by atoms with van der Waals surface area (Å²) in [6, 6.07) is 60.3. The predicted octanol–water partition coefficient (Wildman–Crippen LogP) is 10.5. The second-order valence-electron chi connectivity index (χ2n) is 12.3. The molecule has 2 fully saturated rings. The van der Waals surface area contributed by atoms with Crippen LogP contribution in [0.2, 0.25) is 0 Å². The molecule has 0 aromatic heterocycles. The first-order valence-corrected chi connectivity index (χ1v) is 19.2. The molecule has 0 radical (unpaired) electrons. The standard InChI is InChI=1S/C42H38P2/c1-5-18-34(19-6-1)41(35-20-7-2-8-21-35)29-15-31-43(41)39-28-27-33-17-13-14-26-38(33)40(39)44-32-16-30-42(44,36-22-9-3-10-23-36)37-24-11-4-12-25-37/h1-14,17-28H,15-16,29-32H2. The van der Waals surface area contributed by atoms with E-state index < -0.39 is 15.8 Å². The highest BCUT2D eigenvalue weighted by atomic mass is 31.1. The summed E-state index contributed by atoms with van der Waals surface area (Å²) >= 11 is 0. The van der Waals surface area contributed by atoms with Gasteiger partial charge >= 0.3 is 0 Å². The molecular formula is C42H38P2. The number of fused-ring (bicyclic) bond motifs is 1. The van der Waals surface area contributed by atoms with E-state index in [-0.39, 0.29) is 10.3 Å². The Morgan fingerprint density at radius 2 is 0.795 bits per heavy atom. The van der Waals surface area contributed by atoms with E-state index in [9.17, 15) is 0 Å². The highest BCUT2D eigenvalue weighted by Gasteiger charge is 2.51. The lowest BCUT2D eigenvalue weighted by molar-refractivity contribution is 0.680. The van der Waals surface area contributed by atoms with Crippen molar-refractivity contribution in [3.63, 3.8) is 0 Å². The minimum atomic E-state index is -0.540. The van der Waals surface area contributed by atoms with Crippen LogP contribution in [0.15, 0.2) is 158 Å². The third kappa shape index (κ3) is 4.42. The van der Waals surface area contributed by atoms with Crippen molar-refractivity contribution >= 4 is 37.2 Å². The molecule has 2 aliphatic heterocycles. The zero-order valence-corrected chi connectivity index (χ0v) is 26.9. The first-order chi connectivity index (χ1) is 21.8. The van der Waals surface area contributed by atoms with Crippen LogP contribution in [0.1, 0.15) is 47.9 Å². The van der Waals surface area contributed by atoms with E-state index in [4.69, 9.17) is 0 Å². The number of hydrogen-bond acceptors (Lipinski definition) is 0. The number of rotatable bonds is 6. The van der Waals surface area contributed by atoms with Crippen LogP contribution in [0.3, 0.4) is 0 Å². The Morgan fingerprint density at radius 3 is 1.30 bits per heavy atom. The molecule has 0 nitrogen and oxygen atoms in total. The van der Waals surface area contributed by atoms with Crippen molar-refractivity contribution in [1.29, 1.82) is 0 Å².